The average Bonchev–Trinajstić information content (AvgIpc) is 1.83. The number of nitrogens with one attached hydrogen (secondary N) is 1. The lowest BCUT2D eigenvalue weighted by Crippen LogP contribution is -1.97. The van der Waals surface area contributed by atoms with Crippen LogP contribution >= 0.6 is 11.6 Å². The minimum absolute atomic E-state index is 0.656. The first kappa shape index (κ1) is 7.57. The Morgan fingerprint density at radius 3 is 2.62 bits per heavy atom. The van der Waals surface area contributed by atoms with Crippen molar-refractivity contribution in [3.8, 4) is 0 Å². The lowest BCUT2D eigenvalue weighted by Gasteiger charge is -1.89. The van der Waals surface area contributed by atoms with Crippen molar-refractivity contribution in [1.29, 1.82) is 0 Å². The quantitative estimate of drug-likeness (QED) is 0.446. The number of halogens is 1. The summed E-state index contributed by atoms with van der Waals surface area (Å²) in [5.74, 6) is 0. The van der Waals surface area contributed by atoms with E-state index in [1.54, 1.807) is 13.1 Å². The third-order valence-electron chi connectivity index (χ3n) is 0.674. The van der Waals surface area contributed by atoms with Gasteiger partial charge in [-0.05, 0) is 13.0 Å². The van der Waals surface area contributed by atoms with Gasteiger partial charge in [-0.1, -0.05) is 23.8 Å². The van der Waals surface area contributed by atoms with Crippen LogP contribution in [0.4, 0.5) is 0 Å². The van der Waals surface area contributed by atoms with Gasteiger partial charge >= 0.3 is 0 Å². The van der Waals surface area contributed by atoms with E-state index in [-0.39, 0.29) is 0 Å². The normalized spacial score (nSPS) is 12.6. The fourth-order valence-corrected chi connectivity index (χ4v) is 0.337. The van der Waals surface area contributed by atoms with Crippen LogP contribution in [0, 0.1) is 0 Å². The lowest BCUT2D eigenvalue weighted by molar-refractivity contribution is 1.07. The second-order valence-electron chi connectivity index (χ2n) is 1.29. The molecular formula is C6H10ClN. The molecule has 0 aliphatic rings. The number of hydrogen-bond donors (Lipinski definition) is 1. The Hall–Kier alpha value is -0.430. The fourth-order valence-electron chi connectivity index (χ4n) is 0.264. The van der Waals surface area contributed by atoms with E-state index in [2.05, 4.69) is 5.32 Å². The van der Waals surface area contributed by atoms with Crippen LogP contribution in [0.1, 0.15) is 6.92 Å². The van der Waals surface area contributed by atoms with Crippen LogP contribution < -0.4 is 5.32 Å². The average molecular weight is 132 g/mol. The molecule has 2 heteroatoms. The molecule has 1 nitrogen and oxygen atoms in total. The third-order valence-corrected chi connectivity index (χ3v) is 0.989. The minimum Gasteiger partial charge on any atom is -0.379 e. The van der Waals surface area contributed by atoms with Gasteiger partial charge < -0.3 is 5.32 Å². The smallest absolute Gasteiger partial charge is 0.101 e. The zero-order valence-electron chi connectivity index (χ0n) is 5.11. The molecule has 8 heavy (non-hydrogen) atoms. The maximum atomic E-state index is 5.54. The van der Waals surface area contributed by atoms with Gasteiger partial charge in [0.25, 0.3) is 0 Å². The molecular weight excluding hydrogens is 122 g/mol. The van der Waals surface area contributed by atoms with Crippen LogP contribution in [-0.2, 0) is 0 Å². The molecule has 0 saturated heterocycles. The molecule has 1 N–H and O–H groups in total. The van der Waals surface area contributed by atoms with Crippen molar-refractivity contribution in [1.82, 2.24) is 5.32 Å². The maximum absolute atomic E-state index is 5.54. The van der Waals surface area contributed by atoms with E-state index in [1.165, 1.54) is 0 Å². The molecule has 0 aliphatic heterocycles. The fraction of sp³-hybridized carbons (Fsp3) is 0.333. The molecule has 0 aromatic rings. The molecule has 0 saturated carbocycles. The summed E-state index contributed by atoms with van der Waals surface area (Å²) >= 11 is 5.54. The van der Waals surface area contributed by atoms with Gasteiger partial charge in [-0.3, -0.25) is 0 Å². The van der Waals surface area contributed by atoms with Gasteiger partial charge in [0.15, 0.2) is 0 Å². The second-order valence-corrected chi connectivity index (χ2v) is 1.70. The molecule has 0 aromatic heterocycles. The minimum atomic E-state index is 0.656. The summed E-state index contributed by atoms with van der Waals surface area (Å²) in [5.41, 5.74) is 0. The molecule has 46 valence electrons. The number of allylic oxidation sites excluding steroid dienone is 3. The Morgan fingerprint density at radius 2 is 2.25 bits per heavy atom. The van der Waals surface area contributed by atoms with Crippen LogP contribution in [0.5, 0.6) is 0 Å². The number of rotatable bonds is 2. The van der Waals surface area contributed by atoms with Crippen LogP contribution in [0.3, 0.4) is 0 Å². The highest BCUT2D eigenvalue weighted by atomic mass is 35.5. The van der Waals surface area contributed by atoms with Crippen LogP contribution in [-0.4, -0.2) is 7.05 Å². The predicted molar refractivity (Wildman–Crippen MR) is 37.8 cm³/mol. The summed E-state index contributed by atoms with van der Waals surface area (Å²) in [7, 11) is 1.78. The van der Waals surface area contributed by atoms with Crippen molar-refractivity contribution in [2.24, 2.45) is 0 Å². The van der Waals surface area contributed by atoms with Crippen LogP contribution in [0.15, 0.2) is 23.4 Å². The van der Waals surface area contributed by atoms with Crippen molar-refractivity contribution in [3.63, 3.8) is 0 Å². The van der Waals surface area contributed by atoms with Crippen LogP contribution in [0.25, 0.3) is 0 Å². The zero-order valence-corrected chi connectivity index (χ0v) is 5.87. The monoisotopic (exact) mass is 131 g/mol. The first-order chi connectivity index (χ1) is 3.81. The standard InChI is InChI=1S/C6H10ClN/c1-3-4-5-6(7)8-2/h3-5,8H,1-2H3/b4-3-,6-5-. The Balaban J connectivity index is 3.57. The molecule has 0 amide bonds. The van der Waals surface area contributed by atoms with Gasteiger partial charge in [-0.2, -0.15) is 0 Å². The van der Waals surface area contributed by atoms with E-state index in [0.717, 1.165) is 0 Å². The van der Waals surface area contributed by atoms with E-state index in [1.807, 2.05) is 19.1 Å². The third kappa shape index (κ3) is 3.75. The lowest BCUT2D eigenvalue weighted by atomic mass is 10.5. The first-order valence-corrected chi connectivity index (χ1v) is 2.85. The topological polar surface area (TPSA) is 12.0 Å². The molecule has 0 atom stereocenters. The van der Waals surface area contributed by atoms with Gasteiger partial charge in [0.05, 0.1) is 0 Å². The van der Waals surface area contributed by atoms with E-state index in [9.17, 15) is 0 Å². The Kier molecular flexibility index (Phi) is 4.47. The van der Waals surface area contributed by atoms with E-state index < -0.39 is 0 Å². The van der Waals surface area contributed by atoms with Crippen molar-refractivity contribution < 1.29 is 0 Å². The van der Waals surface area contributed by atoms with Crippen molar-refractivity contribution in [2.45, 2.75) is 6.92 Å². The molecule has 0 aromatic carbocycles. The number of hydrogen-bond acceptors (Lipinski definition) is 1. The summed E-state index contributed by atoms with van der Waals surface area (Å²) in [4.78, 5) is 0. The van der Waals surface area contributed by atoms with Gasteiger partial charge in [-0.15, -0.1) is 0 Å². The molecule has 0 unspecified atom stereocenters. The highest BCUT2D eigenvalue weighted by molar-refractivity contribution is 6.29. The summed E-state index contributed by atoms with van der Waals surface area (Å²) < 4.78 is 0. The Labute approximate surface area is 55.0 Å². The molecule has 0 rings (SSSR count). The summed E-state index contributed by atoms with van der Waals surface area (Å²) in [6.45, 7) is 1.94. The summed E-state index contributed by atoms with van der Waals surface area (Å²) in [6.07, 6.45) is 5.58. The summed E-state index contributed by atoms with van der Waals surface area (Å²) in [5, 5.41) is 3.43. The van der Waals surface area contributed by atoms with Gasteiger partial charge in [0, 0.05) is 7.05 Å². The summed E-state index contributed by atoms with van der Waals surface area (Å²) in [6, 6.07) is 0. The molecule has 0 fully saturated rings. The predicted octanol–water partition coefficient (Wildman–Crippen LogP) is 1.86. The first-order valence-electron chi connectivity index (χ1n) is 2.47. The molecule has 0 heterocycles. The molecule has 0 aliphatic carbocycles. The van der Waals surface area contributed by atoms with E-state index in [4.69, 9.17) is 11.6 Å². The molecule has 0 spiro atoms. The highest BCUT2D eigenvalue weighted by Crippen LogP contribution is 1.92. The molecule has 0 radical (unpaired) electrons. The SMILES string of the molecule is C/C=C\C=C(\Cl)NC. The Morgan fingerprint density at radius 1 is 1.62 bits per heavy atom. The van der Waals surface area contributed by atoms with E-state index in [0.29, 0.717) is 5.16 Å². The van der Waals surface area contributed by atoms with Crippen LogP contribution in [0.2, 0.25) is 0 Å². The second kappa shape index (κ2) is 4.72. The van der Waals surface area contributed by atoms with Crippen molar-refractivity contribution >= 4 is 11.6 Å². The molecule has 0 bridgehead atoms. The Bertz CT molecular complexity index is 105. The maximum Gasteiger partial charge on any atom is 0.101 e. The zero-order chi connectivity index (χ0) is 6.41. The van der Waals surface area contributed by atoms with Gasteiger partial charge in [-0.25, -0.2) is 0 Å². The largest absolute Gasteiger partial charge is 0.379 e. The van der Waals surface area contributed by atoms with Gasteiger partial charge in [0.2, 0.25) is 0 Å². The van der Waals surface area contributed by atoms with Crippen molar-refractivity contribution in [2.75, 3.05) is 7.05 Å². The van der Waals surface area contributed by atoms with Crippen molar-refractivity contribution in [3.05, 3.63) is 23.4 Å². The van der Waals surface area contributed by atoms with Gasteiger partial charge in [0.1, 0.15) is 5.16 Å². The van der Waals surface area contributed by atoms with E-state index >= 15 is 0 Å². The highest BCUT2D eigenvalue weighted by Gasteiger charge is 1.76.